The topological polar surface area (TPSA) is 87.8 Å². The summed E-state index contributed by atoms with van der Waals surface area (Å²) in [5.74, 6) is 0.202. The molecule has 0 bridgehead atoms. The number of carbonyl (C=O) groups is 1. The summed E-state index contributed by atoms with van der Waals surface area (Å²) in [6.07, 6.45) is 2.35. The number of aliphatic hydroxyl groups is 2. The molecule has 1 aliphatic heterocycles. The van der Waals surface area contributed by atoms with E-state index in [1.54, 1.807) is 4.68 Å². The van der Waals surface area contributed by atoms with Gasteiger partial charge >= 0.3 is 0 Å². The van der Waals surface area contributed by atoms with Gasteiger partial charge in [-0.2, -0.15) is 5.10 Å². The van der Waals surface area contributed by atoms with Crippen molar-refractivity contribution in [3.63, 3.8) is 0 Å². The van der Waals surface area contributed by atoms with Crippen LogP contribution in [0.25, 0.3) is 0 Å². The average Bonchev–Trinajstić information content (AvgIpc) is 2.81. The lowest BCUT2D eigenvalue weighted by atomic mass is 10.2. The van der Waals surface area contributed by atoms with Gasteiger partial charge in [-0.25, -0.2) is 4.68 Å². The van der Waals surface area contributed by atoms with Crippen LogP contribution in [0.5, 0.6) is 5.88 Å². The summed E-state index contributed by atoms with van der Waals surface area (Å²) in [4.78, 5) is 13.6. The number of aliphatic hydroxyl groups excluding tert-OH is 2. The number of amides is 1. The largest absolute Gasteiger partial charge is 0.477 e. The lowest BCUT2D eigenvalue weighted by Gasteiger charge is -2.21. The Morgan fingerprint density at radius 1 is 1.44 bits per heavy atom. The molecular formula is C11H17N3O4. The molecule has 1 aromatic rings. The zero-order chi connectivity index (χ0) is 13.0. The van der Waals surface area contributed by atoms with E-state index in [1.807, 2.05) is 0 Å². The maximum absolute atomic E-state index is 12.2. The summed E-state index contributed by atoms with van der Waals surface area (Å²) in [6.45, 7) is 1.40. The number of hydrogen-bond acceptors (Lipinski definition) is 5. The van der Waals surface area contributed by atoms with E-state index in [0.717, 1.165) is 13.0 Å². The van der Waals surface area contributed by atoms with E-state index in [2.05, 4.69) is 5.10 Å². The summed E-state index contributed by atoms with van der Waals surface area (Å²) in [7, 11) is 0. The number of rotatable bonds is 5. The third-order valence-corrected chi connectivity index (χ3v) is 2.80. The average molecular weight is 255 g/mol. The quantitative estimate of drug-likeness (QED) is 0.711. The second kappa shape index (κ2) is 5.83. The number of hydrogen-bond donors (Lipinski definition) is 2. The van der Waals surface area contributed by atoms with Gasteiger partial charge in [-0.05, 0) is 0 Å². The molecule has 18 heavy (non-hydrogen) atoms. The van der Waals surface area contributed by atoms with Gasteiger partial charge in [-0.15, -0.1) is 0 Å². The van der Waals surface area contributed by atoms with Crippen LogP contribution in [0.15, 0.2) is 6.20 Å². The minimum atomic E-state index is -0.277. The molecule has 2 rings (SSSR count). The monoisotopic (exact) mass is 255 g/mol. The minimum Gasteiger partial charge on any atom is -0.477 e. The van der Waals surface area contributed by atoms with E-state index in [9.17, 15) is 4.79 Å². The van der Waals surface area contributed by atoms with Crippen LogP contribution in [-0.2, 0) is 6.54 Å². The minimum absolute atomic E-state index is 0.143. The van der Waals surface area contributed by atoms with Crippen molar-refractivity contribution >= 4 is 5.91 Å². The van der Waals surface area contributed by atoms with E-state index in [-0.39, 0.29) is 32.2 Å². The Morgan fingerprint density at radius 2 is 2.17 bits per heavy atom. The second-order valence-electron chi connectivity index (χ2n) is 4.03. The molecular weight excluding hydrogens is 238 g/mol. The molecule has 2 heterocycles. The standard InChI is InChI=1S/C11H17N3O4/c15-5-3-13(4-6-16)10(17)9-8-12-14-2-1-7-18-11(9)14/h8,15-16H,1-7H2. The number of nitrogens with zero attached hydrogens (tertiary/aromatic N) is 3. The van der Waals surface area contributed by atoms with Crippen LogP contribution >= 0.6 is 0 Å². The Morgan fingerprint density at radius 3 is 2.83 bits per heavy atom. The Labute approximate surface area is 105 Å². The molecule has 0 atom stereocenters. The molecule has 0 fully saturated rings. The second-order valence-corrected chi connectivity index (χ2v) is 4.03. The van der Waals surface area contributed by atoms with Crippen LogP contribution in [0.1, 0.15) is 16.8 Å². The summed E-state index contributed by atoms with van der Waals surface area (Å²) in [6, 6.07) is 0. The SMILES string of the molecule is O=C(c1cnn2c1OCCC2)N(CCO)CCO. The number of aromatic nitrogens is 2. The van der Waals surface area contributed by atoms with Crippen molar-refractivity contribution in [2.45, 2.75) is 13.0 Å². The van der Waals surface area contributed by atoms with Gasteiger partial charge in [0.1, 0.15) is 5.56 Å². The van der Waals surface area contributed by atoms with E-state index < -0.39 is 0 Å². The number of ether oxygens (including phenoxy) is 1. The van der Waals surface area contributed by atoms with Crippen LogP contribution in [0, 0.1) is 0 Å². The fraction of sp³-hybridized carbons (Fsp3) is 0.636. The highest BCUT2D eigenvalue weighted by Crippen LogP contribution is 2.23. The molecule has 0 saturated heterocycles. The highest BCUT2D eigenvalue weighted by molar-refractivity contribution is 5.96. The lowest BCUT2D eigenvalue weighted by Crippen LogP contribution is -2.36. The van der Waals surface area contributed by atoms with Crippen molar-refractivity contribution in [1.29, 1.82) is 0 Å². The first-order chi connectivity index (χ1) is 8.77. The van der Waals surface area contributed by atoms with Crippen molar-refractivity contribution in [2.24, 2.45) is 0 Å². The van der Waals surface area contributed by atoms with Crippen LogP contribution in [-0.4, -0.2) is 63.7 Å². The third-order valence-electron chi connectivity index (χ3n) is 2.80. The van der Waals surface area contributed by atoms with E-state index in [4.69, 9.17) is 14.9 Å². The Hall–Kier alpha value is -1.60. The first-order valence-electron chi connectivity index (χ1n) is 5.97. The van der Waals surface area contributed by atoms with Gasteiger partial charge in [-0.1, -0.05) is 0 Å². The van der Waals surface area contributed by atoms with E-state index in [1.165, 1.54) is 11.1 Å². The van der Waals surface area contributed by atoms with Gasteiger partial charge in [-0.3, -0.25) is 4.79 Å². The fourth-order valence-electron chi connectivity index (χ4n) is 1.94. The van der Waals surface area contributed by atoms with Crippen molar-refractivity contribution in [3.8, 4) is 5.88 Å². The van der Waals surface area contributed by atoms with Crippen LogP contribution in [0.4, 0.5) is 0 Å². The Balaban J connectivity index is 2.18. The molecule has 1 aromatic heterocycles. The highest BCUT2D eigenvalue weighted by Gasteiger charge is 2.25. The van der Waals surface area contributed by atoms with Gasteiger partial charge in [0.25, 0.3) is 5.91 Å². The molecule has 0 saturated carbocycles. The zero-order valence-electron chi connectivity index (χ0n) is 10.1. The van der Waals surface area contributed by atoms with Crippen molar-refractivity contribution in [2.75, 3.05) is 32.9 Å². The first kappa shape index (κ1) is 12.8. The molecule has 7 heteroatoms. The van der Waals surface area contributed by atoms with Gasteiger partial charge in [0.15, 0.2) is 0 Å². The summed E-state index contributed by atoms with van der Waals surface area (Å²) < 4.78 is 7.11. The van der Waals surface area contributed by atoms with Crippen molar-refractivity contribution in [3.05, 3.63) is 11.8 Å². The summed E-state index contributed by atoms with van der Waals surface area (Å²) >= 11 is 0. The molecule has 1 aliphatic rings. The normalized spacial score (nSPS) is 13.9. The molecule has 0 radical (unpaired) electrons. The molecule has 0 aromatic carbocycles. The number of aryl methyl sites for hydroxylation is 1. The summed E-state index contributed by atoms with van der Waals surface area (Å²) in [5.41, 5.74) is 0.386. The third kappa shape index (κ3) is 2.46. The molecule has 2 N–H and O–H groups in total. The van der Waals surface area contributed by atoms with Crippen LogP contribution < -0.4 is 4.74 Å². The number of carbonyl (C=O) groups excluding carboxylic acids is 1. The molecule has 0 unspecified atom stereocenters. The molecule has 7 nitrogen and oxygen atoms in total. The number of fused-ring (bicyclic) bond motifs is 1. The summed E-state index contributed by atoms with van der Waals surface area (Å²) in [5, 5.41) is 21.9. The van der Waals surface area contributed by atoms with Crippen molar-refractivity contribution < 1.29 is 19.7 Å². The van der Waals surface area contributed by atoms with E-state index in [0.29, 0.717) is 18.1 Å². The fourth-order valence-corrected chi connectivity index (χ4v) is 1.94. The highest BCUT2D eigenvalue weighted by atomic mass is 16.5. The van der Waals surface area contributed by atoms with Crippen LogP contribution in [0.2, 0.25) is 0 Å². The molecule has 1 amide bonds. The van der Waals surface area contributed by atoms with Gasteiger partial charge in [0.2, 0.25) is 5.88 Å². The van der Waals surface area contributed by atoms with Crippen LogP contribution in [0.3, 0.4) is 0 Å². The molecule has 0 spiro atoms. The predicted octanol–water partition coefficient (Wildman–Crippen LogP) is -0.908. The molecule has 0 aliphatic carbocycles. The predicted molar refractivity (Wildman–Crippen MR) is 62.4 cm³/mol. The van der Waals surface area contributed by atoms with Crippen molar-refractivity contribution in [1.82, 2.24) is 14.7 Å². The maximum Gasteiger partial charge on any atom is 0.261 e. The first-order valence-corrected chi connectivity index (χ1v) is 5.97. The van der Waals surface area contributed by atoms with Gasteiger partial charge in [0.05, 0.1) is 26.0 Å². The molecule has 100 valence electrons. The van der Waals surface area contributed by atoms with Gasteiger partial charge in [0, 0.05) is 26.1 Å². The van der Waals surface area contributed by atoms with E-state index >= 15 is 0 Å². The lowest BCUT2D eigenvalue weighted by molar-refractivity contribution is 0.0678. The van der Waals surface area contributed by atoms with Gasteiger partial charge < -0.3 is 19.8 Å². The Kier molecular flexibility index (Phi) is 4.16. The smallest absolute Gasteiger partial charge is 0.261 e. The maximum atomic E-state index is 12.2. The zero-order valence-corrected chi connectivity index (χ0v) is 10.1. The Bertz CT molecular complexity index is 412.